The number of methoxy groups -OCH3 is 1. The molecule has 2 aliphatic heterocycles. The highest BCUT2D eigenvalue weighted by atomic mass is 19.1. The van der Waals surface area contributed by atoms with Crippen molar-refractivity contribution < 1.29 is 9.13 Å². The van der Waals surface area contributed by atoms with E-state index >= 15 is 4.39 Å². The van der Waals surface area contributed by atoms with Crippen LogP contribution in [0.5, 0.6) is 0 Å². The number of aromatic nitrogens is 2. The van der Waals surface area contributed by atoms with Crippen LogP contribution in [0, 0.1) is 0 Å². The predicted octanol–water partition coefficient (Wildman–Crippen LogP) is 4.06. The number of piperidine rings is 1. The van der Waals surface area contributed by atoms with Crippen molar-refractivity contribution >= 4 is 17.3 Å². The molecule has 1 unspecified atom stereocenters. The van der Waals surface area contributed by atoms with Gasteiger partial charge in [0.1, 0.15) is 0 Å². The number of nitrogens with one attached hydrogen (secondary N) is 2. The molecule has 1 fully saturated rings. The van der Waals surface area contributed by atoms with Crippen LogP contribution in [0.4, 0.5) is 15.8 Å². The molecule has 3 heterocycles. The number of hydrogen-bond donors (Lipinski definition) is 2. The Hall–Kier alpha value is -2.75. The normalized spacial score (nSPS) is 25.1. The van der Waals surface area contributed by atoms with Gasteiger partial charge in [0.15, 0.2) is 5.83 Å². The van der Waals surface area contributed by atoms with Gasteiger partial charge >= 0.3 is 0 Å². The number of para-hydroxylation sites is 1. The third kappa shape index (κ3) is 4.35. The largest absolute Gasteiger partial charge is 0.340 e. The topological polar surface area (TPSA) is 70.0 Å². The van der Waals surface area contributed by atoms with Crippen LogP contribution in [-0.2, 0) is 11.8 Å². The summed E-state index contributed by atoms with van der Waals surface area (Å²) in [6.45, 7) is 8.88. The van der Waals surface area contributed by atoms with Gasteiger partial charge in [-0.15, -0.1) is 0 Å². The fourth-order valence-electron chi connectivity index (χ4n) is 5.22. The van der Waals surface area contributed by atoms with Crippen LogP contribution in [0.2, 0.25) is 0 Å². The lowest BCUT2D eigenvalue weighted by Crippen LogP contribution is -2.71. The monoisotopic (exact) mass is 469 g/mol. The Morgan fingerprint density at radius 3 is 2.26 bits per heavy atom. The second kappa shape index (κ2) is 8.79. The Kier molecular flexibility index (Phi) is 6.30. The summed E-state index contributed by atoms with van der Waals surface area (Å²) < 4.78 is 23.5. The van der Waals surface area contributed by atoms with Crippen LogP contribution in [-0.4, -0.2) is 57.8 Å². The van der Waals surface area contributed by atoms with Gasteiger partial charge in [-0.05, 0) is 59.7 Å². The molecule has 1 aromatic carbocycles. The molecular weight excluding hydrogens is 433 g/mol. The molecule has 0 bridgehead atoms. The average Bonchev–Trinajstić information content (AvgIpc) is 3.20. The highest BCUT2D eigenvalue weighted by Gasteiger charge is 2.52. The maximum atomic E-state index is 15.8. The van der Waals surface area contributed by atoms with Crippen LogP contribution in [0.1, 0.15) is 40.5 Å². The number of nitrogens with zero attached hydrogens (tertiary/aromatic N) is 5. The number of aryl methyl sites for hydroxylation is 1. The summed E-state index contributed by atoms with van der Waals surface area (Å²) in [6.07, 6.45) is 6.37. The maximum Gasteiger partial charge on any atom is 0.261 e. The number of halogens is 1. The standard InChI is InChI=1S/C25H36FN7O/c1-23(2)13-19(14-24(3,4)32(23)6)30-25(34-7)21(26)16-27-22(29-18-11-9-8-10-12-18)33(25)20-15-28-31(5)17-20/h8-12,15-17,19,30H,13-14H2,1-7H3,(H,27,29). The van der Waals surface area contributed by atoms with Crippen molar-refractivity contribution in [2.75, 3.05) is 24.4 Å². The number of aliphatic imine (C=N–C) groups is 1. The number of anilines is 2. The van der Waals surface area contributed by atoms with Crippen LogP contribution in [0.15, 0.2) is 59.7 Å². The molecular formula is C25H36FN7O. The minimum Gasteiger partial charge on any atom is -0.340 e. The maximum absolute atomic E-state index is 15.8. The number of benzene rings is 1. The molecule has 1 aromatic heterocycles. The zero-order valence-electron chi connectivity index (χ0n) is 21.1. The van der Waals surface area contributed by atoms with Crippen LogP contribution in [0.25, 0.3) is 0 Å². The van der Waals surface area contributed by atoms with Gasteiger partial charge in [-0.2, -0.15) is 5.10 Å². The Morgan fingerprint density at radius 1 is 1.06 bits per heavy atom. The van der Waals surface area contributed by atoms with Gasteiger partial charge < -0.3 is 10.1 Å². The molecule has 34 heavy (non-hydrogen) atoms. The molecule has 1 saturated heterocycles. The third-order valence-electron chi connectivity index (χ3n) is 7.13. The molecule has 8 nitrogen and oxygen atoms in total. The molecule has 0 aliphatic carbocycles. The first-order valence-corrected chi connectivity index (χ1v) is 11.6. The number of guanidine groups is 1. The van der Waals surface area contributed by atoms with E-state index in [4.69, 9.17) is 4.74 Å². The molecule has 4 rings (SSSR count). The zero-order chi connectivity index (χ0) is 24.7. The molecule has 0 radical (unpaired) electrons. The van der Waals surface area contributed by atoms with E-state index in [1.165, 1.54) is 13.3 Å². The van der Waals surface area contributed by atoms with Gasteiger partial charge in [-0.25, -0.2) is 9.38 Å². The zero-order valence-corrected chi connectivity index (χ0v) is 21.1. The van der Waals surface area contributed by atoms with E-state index in [1.54, 1.807) is 15.8 Å². The predicted molar refractivity (Wildman–Crippen MR) is 134 cm³/mol. The van der Waals surface area contributed by atoms with Crippen LogP contribution in [0.3, 0.4) is 0 Å². The van der Waals surface area contributed by atoms with Crippen molar-refractivity contribution in [1.82, 2.24) is 20.0 Å². The number of ether oxygens (including phenoxy) is 1. The Labute approximate surface area is 201 Å². The highest BCUT2D eigenvalue weighted by molar-refractivity contribution is 6.07. The van der Waals surface area contributed by atoms with Crippen molar-refractivity contribution in [3.8, 4) is 0 Å². The van der Waals surface area contributed by atoms with Crippen molar-refractivity contribution in [2.45, 2.75) is 63.5 Å². The Bertz CT molecular complexity index is 1060. The van der Waals surface area contributed by atoms with Crippen molar-refractivity contribution in [1.29, 1.82) is 0 Å². The van der Waals surface area contributed by atoms with Crippen molar-refractivity contribution in [3.05, 3.63) is 54.8 Å². The third-order valence-corrected chi connectivity index (χ3v) is 7.13. The number of hydrogen-bond acceptors (Lipinski definition) is 7. The van der Waals surface area contributed by atoms with Gasteiger partial charge in [0, 0.05) is 43.2 Å². The number of rotatable bonds is 5. The van der Waals surface area contributed by atoms with Gasteiger partial charge in [0.2, 0.25) is 5.96 Å². The fraction of sp³-hybridized carbons (Fsp3) is 0.520. The van der Waals surface area contributed by atoms with E-state index in [0.717, 1.165) is 18.5 Å². The lowest BCUT2D eigenvalue weighted by Gasteiger charge is -2.55. The molecule has 184 valence electrons. The minimum atomic E-state index is -1.59. The highest BCUT2D eigenvalue weighted by Crippen LogP contribution is 2.40. The van der Waals surface area contributed by atoms with Crippen molar-refractivity contribution in [2.24, 2.45) is 12.0 Å². The number of likely N-dealkylation sites (tertiary alicyclic amines) is 1. The molecule has 0 amide bonds. The molecule has 9 heteroatoms. The van der Waals surface area contributed by atoms with Gasteiger partial charge in [0.25, 0.3) is 5.85 Å². The molecule has 1 atom stereocenters. The molecule has 0 saturated carbocycles. The first-order valence-electron chi connectivity index (χ1n) is 11.6. The summed E-state index contributed by atoms with van der Waals surface area (Å²) in [6, 6.07) is 9.65. The van der Waals surface area contributed by atoms with E-state index in [2.05, 4.69) is 60.4 Å². The lowest BCUT2D eigenvalue weighted by molar-refractivity contribution is -0.0660. The molecule has 2 N–H and O–H groups in total. The summed E-state index contributed by atoms with van der Waals surface area (Å²) in [5.74, 6) is -1.68. The average molecular weight is 470 g/mol. The summed E-state index contributed by atoms with van der Waals surface area (Å²) in [7, 11) is 5.49. The van der Waals surface area contributed by atoms with E-state index in [9.17, 15) is 0 Å². The van der Waals surface area contributed by atoms with E-state index in [1.807, 2.05) is 43.6 Å². The SMILES string of the molecule is COC1(NC2CC(C)(C)N(C)C(C)(C)C2)C(F)=CN=C(Nc2ccccc2)N1c1cnn(C)c1. The van der Waals surface area contributed by atoms with E-state index in [0.29, 0.717) is 11.6 Å². The van der Waals surface area contributed by atoms with Crippen molar-refractivity contribution in [3.63, 3.8) is 0 Å². The second-order valence-electron chi connectivity index (χ2n) is 10.4. The minimum absolute atomic E-state index is 0.0180. The quantitative estimate of drug-likeness (QED) is 0.644. The first-order chi connectivity index (χ1) is 16.0. The van der Waals surface area contributed by atoms with E-state index in [-0.39, 0.29) is 17.1 Å². The van der Waals surface area contributed by atoms with E-state index < -0.39 is 11.7 Å². The smallest absolute Gasteiger partial charge is 0.261 e. The first kappa shape index (κ1) is 24.4. The summed E-state index contributed by atoms with van der Waals surface area (Å²) in [4.78, 5) is 8.51. The fourth-order valence-corrected chi connectivity index (χ4v) is 5.22. The summed E-state index contributed by atoms with van der Waals surface area (Å²) >= 11 is 0. The molecule has 2 aliphatic rings. The molecule has 0 spiro atoms. The Balaban J connectivity index is 1.76. The summed E-state index contributed by atoms with van der Waals surface area (Å²) in [5.41, 5.74) is 1.31. The Morgan fingerprint density at radius 2 is 1.71 bits per heavy atom. The van der Waals surface area contributed by atoms with Gasteiger partial charge in [-0.1, -0.05) is 18.2 Å². The van der Waals surface area contributed by atoms with Gasteiger partial charge in [0.05, 0.1) is 18.1 Å². The van der Waals surface area contributed by atoms with Crippen LogP contribution >= 0.6 is 0 Å². The van der Waals surface area contributed by atoms with Gasteiger partial charge in [-0.3, -0.25) is 19.8 Å². The second-order valence-corrected chi connectivity index (χ2v) is 10.4. The lowest BCUT2D eigenvalue weighted by atomic mass is 9.77. The summed E-state index contributed by atoms with van der Waals surface area (Å²) in [5, 5.41) is 11.2. The molecule has 2 aromatic rings. The van der Waals surface area contributed by atoms with Crippen LogP contribution < -0.4 is 15.5 Å².